The lowest BCUT2D eigenvalue weighted by molar-refractivity contribution is -0.150. The zero-order valence-electron chi connectivity index (χ0n) is 23.1. The van der Waals surface area contributed by atoms with Crippen LogP contribution in [0.3, 0.4) is 0 Å². The average molecular weight is 522 g/mol. The van der Waals surface area contributed by atoms with Gasteiger partial charge in [0.25, 0.3) is 5.91 Å². The molecule has 0 spiro atoms. The number of esters is 1. The molecule has 1 heterocycles. The molecule has 1 saturated heterocycles. The summed E-state index contributed by atoms with van der Waals surface area (Å²) < 4.78 is 32.4. The van der Waals surface area contributed by atoms with E-state index in [2.05, 4.69) is 6.92 Å². The third-order valence-corrected chi connectivity index (χ3v) is 7.52. The van der Waals surface area contributed by atoms with Crippen LogP contribution < -0.4 is 0 Å². The smallest absolute Gasteiger partial charge is 0.309 e. The van der Waals surface area contributed by atoms with Gasteiger partial charge in [0, 0.05) is 19.2 Å². The number of carbonyl (C=O) groups excluding carboxylic acids is 2. The molecule has 1 aromatic carbocycles. The van der Waals surface area contributed by atoms with Crippen molar-refractivity contribution in [3.05, 3.63) is 35.4 Å². The number of piperidine rings is 1. The minimum Gasteiger partial charge on any atom is -0.465 e. The van der Waals surface area contributed by atoms with Crippen LogP contribution in [-0.2, 0) is 9.53 Å². The van der Waals surface area contributed by atoms with E-state index >= 15 is 0 Å². The second-order valence-corrected chi connectivity index (χ2v) is 10.7. The molecule has 0 bridgehead atoms. The summed E-state index contributed by atoms with van der Waals surface area (Å²) in [6.07, 6.45) is 22.0. The molecular weight excluding hydrogens is 472 g/mol. The molecule has 0 N–H and O–H groups in total. The van der Waals surface area contributed by atoms with E-state index in [1.54, 1.807) is 0 Å². The van der Waals surface area contributed by atoms with Gasteiger partial charge in [-0.15, -0.1) is 0 Å². The standard InChI is InChI=1S/C31H49F2NO3/c1-2-3-4-5-6-7-8-9-10-11-12-13-14-15-16-17-24-37-31(36)26-20-22-34(23-21-26)30(35)28-19-18-27(32)25-29(28)33/h18-19,25-26H,2-17,20-24H2,1H3. The molecule has 2 rings (SSSR count). The van der Waals surface area contributed by atoms with Crippen LogP contribution in [0, 0.1) is 17.6 Å². The van der Waals surface area contributed by atoms with Crippen LogP contribution in [0.5, 0.6) is 0 Å². The fourth-order valence-corrected chi connectivity index (χ4v) is 5.09. The fourth-order valence-electron chi connectivity index (χ4n) is 5.09. The number of halogens is 2. The molecule has 0 radical (unpaired) electrons. The summed E-state index contributed by atoms with van der Waals surface area (Å²) in [7, 11) is 0. The Morgan fingerprint density at radius 1 is 0.784 bits per heavy atom. The number of ether oxygens (including phenoxy) is 1. The third-order valence-electron chi connectivity index (χ3n) is 7.52. The first kappa shape index (κ1) is 31.2. The Balaban J connectivity index is 1.40. The van der Waals surface area contributed by atoms with Crippen molar-refractivity contribution in [3.63, 3.8) is 0 Å². The molecule has 1 fully saturated rings. The zero-order valence-corrected chi connectivity index (χ0v) is 23.1. The Morgan fingerprint density at radius 3 is 1.76 bits per heavy atom. The molecule has 0 aliphatic carbocycles. The van der Waals surface area contributed by atoms with E-state index in [4.69, 9.17) is 4.74 Å². The monoisotopic (exact) mass is 521 g/mol. The quantitative estimate of drug-likeness (QED) is 0.135. The van der Waals surface area contributed by atoms with Crippen LogP contribution in [-0.4, -0.2) is 36.5 Å². The first-order chi connectivity index (χ1) is 18.0. The molecule has 1 aromatic rings. The molecule has 1 amide bonds. The third kappa shape index (κ3) is 12.9. The summed E-state index contributed by atoms with van der Waals surface area (Å²) in [4.78, 5) is 26.4. The summed E-state index contributed by atoms with van der Waals surface area (Å²) in [5.41, 5.74) is -0.133. The van der Waals surface area contributed by atoms with Crippen LogP contribution in [0.4, 0.5) is 8.78 Å². The average Bonchev–Trinajstić information content (AvgIpc) is 2.90. The van der Waals surface area contributed by atoms with Crippen LogP contribution in [0.1, 0.15) is 133 Å². The molecule has 4 nitrogen and oxygen atoms in total. The molecule has 6 heteroatoms. The summed E-state index contributed by atoms with van der Waals surface area (Å²) in [6, 6.07) is 2.97. The highest BCUT2D eigenvalue weighted by Crippen LogP contribution is 2.22. The van der Waals surface area contributed by atoms with Gasteiger partial charge in [0.2, 0.25) is 0 Å². The maximum atomic E-state index is 13.9. The Bertz CT molecular complexity index is 778. The highest BCUT2D eigenvalue weighted by Gasteiger charge is 2.29. The number of hydrogen-bond acceptors (Lipinski definition) is 3. The van der Waals surface area contributed by atoms with E-state index < -0.39 is 17.5 Å². The molecular formula is C31H49F2NO3. The van der Waals surface area contributed by atoms with E-state index in [0.29, 0.717) is 32.5 Å². The fraction of sp³-hybridized carbons (Fsp3) is 0.742. The molecule has 1 aliphatic rings. The number of carbonyl (C=O) groups is 2. The molecule has 0 unspecified atom stereocenters. The lowest BCUT2D eigenvalue weighted by atomic mass is 9.96. The Labute approximate surface area is 223 Å². The molecule has 210 valence electrons. The van der Waals surface area contributed by atoms with Gasteiger partial charge in [-0.3, -0.25) is 9.59 Å². The van der Waals surface area contributed by atoms with Gasteiger partial charge in [0.15, 0.2) is 0 Å². The largest absolute Gasteiger partial charge is 0.465 e. The van der Waals surface area contributed by atoms with Crippen molar-refractivity contribution >= 4 is 11.9 Å². The number of nitrogens with zero attached hydrogens (tertiary/aromatic N) is 1. The number of hydrogen-bond donors (Lipinski definition) is 0. The van der Waals surface area contributed by atoms with E-state index in [9.17, 15) is 18.4 Å². The van der Waals surface area contributed by atoms with Gasteiger partial charge in [-0.05, 0) is 31.4 Å². The number of amides is 1. The number of unbranched alkanes of at least 4 members (excludes halogenated alkanes) is 15. The van der Waals surface area contributed by atoms with Crippen molar-refractivity contribution in [2.45, 2.75) is 122 Å². The molecule has 37 heavy (non-hydrogen) atoms. The van der Waals surface area contributed by atoms with Crippen molar-refractivity contribution in [2.24, 2.45) is 5.92 Å². The Hall–Kier alpha value is -1.98. The van der Waals surface area contributed by atoms with E-state index in [-0.39, 0.29) is 17.5 Å². The van der Waals surface area contributed by atoms with Gasteiger partial charge in [0.1, 0.15) is 11.6 Å². The topological polar surface area (TPSA) is 46.6 Å². The second-order valence-electron chi connectivity index (χ2n) is 10.7. The van der Waals surface area contributed by atoms with Crippen LogP contribution >= 0.6 is 0 Å². The van der Waals surface area contributed by atoms with Crippen LogP contribution in [0.15, 0.2) is 18.2 Å². The normalized spacial score (nSPS) is 14.2. The number of rotatable bonds is 19. The second kappa shape index (κ2) is 19.1. The lowest BCUT2D eigenvalue weighted by Crippen LogP contribution is -2.41. The van der Waals surface area contributed by atoms with E-state index in [0.717, 1.165) is 25.0 Å². The first-order valence-electron chi connectivity index (χ1n) is 14.9. The SMILES string of the molecule is CCCCCCCCCCCCCCCCCCOC(=O)C1CCN(C(=O)c2ccc(F)cc2F)CC1. The maximum Gasteiger partial charge on any atom is 0.309 e. The number of benzene rings is 1. The Morgan fingerprint density at radius 2 is 1.27 bits per heavy atom. The van der Waals surface area contributed by atoms with Gasteiger partial charge in [-0.25, -0.2) is 8.78 Å². The molecule has 1 aliphatic heterocycles. The summed E-state index contributed by atoms with van der Waals surface area (Å²) >= 11 is 0. The summed E-state index contributed by atoms with van der Waals surface area (Å²) in [6.45, 7) is 3.46. The summed E-state index contributed by atoms with van der Waals surface area (Å²) in [5, 5.41) is 0. The molecule has 0 saturated carbocycles. The number of likely N-dealkylation sites (tertiary alicyclic amines) is 1. The first-order valence-corrected chi connectivity index (χ1v) is 14.9. The van der Waals surface area contributed by atoms with Gasteiger partial charge in [-0.1, -0.05) is 103 Å². The zero-order chi connectivity index (χ0) is 26.7. The predicted octanol–water partition coefficient (Wildman–Crippen LogP) is 8.62. The minimum absolute atomic E-state index is 0.133. The van der Waals surface area contributed by atoms with Crippen LogP contribution in [0.25, 0.3) is 0 Å². The van der Waals surface area contributed by atoms with Gasteiger partial charge >= 0.3 is 5.97 Å². The van der Waals surface area contributed by atoms with Gasteiger partial charge < -0.3 is 9.64 Å². The highest BCUT2D eigenvalue weighted by molar-refractivity contribution is 5.94. The predicted molar refractivity (Wildman–Crippen MR) is 145 cm³/mol. The maximum absolute atomic E-state index is 13.9. The van der Waals surface area contributed by atoms with Crippen molar-refractivity contribution < 1.29 is 23.1 Å². The van der Waals surface area contributed by atoms with Gasteiger partial charge in [0.05, 0.1) is 18.1 Å². The van der Waals surface area contributed by atoms with Crippen molar-refractivity contribution in [2.75, 3.05) is 19.7 Å². The van der Waals surface area contributed by atoms with Gasteiger partial charge in [-0.2, -0.15) is 0 Å². The minimum atomic E-state index is -0.856. The Kier molecular flexibility index (Phi) is 16.2. The molecule has 0 aromatic heterocycles. The lowest BCUT2D eigenvalue weighted by Gasteiger charge is -2.31. The summed E-state index contributed by atoms with van der Waals surface area (Å²) in [5.74, 6) is -2.44. The van der Waals surface area contributed by atoms with Crippen molar-refractivity contribution in [3.8, 4) is 0 Å². The molecule has 0 atom stereocenters. The van der Waals surface area contributed by atoms with Crippen molar-refractivity contribution in [1.82, 2.24) is 4.90 Å². The van der Waals surface area contributed by atoms with Crippen LogP contribution in [0.2, 0.25) is 0 Å². The highest BCUT2D eigenvalue weighted by atomic mass is 19.1. The van der Waals surface area contributed by atoms with Crippen molar-refractivity contribution in [1.29, 1.82) is 0 Å². The van der Waals surface area contributed by atoms with E-state index in [1.165, 1.54) is 101 Å². The van der Waals surface area contributed by atoms with E-state index in [1.807, 2.05) is 0 Å².